The van der Waals surface area contributed by atoms with Gasteiger partial charge in [0.2, 0.25) is 0 Å². The van der Waals surface area contributed by atoms with E-state index in [4.69, 9.17) is 5.11 Å². The number of benzene rings is 1. The first-order valence-corrected chi connectivity index (χ1v) is 5.64. The van der Waals surface area contributed by atoms with Gasteiger partial charge in [0.1, 0.15) is 11.6 Å². The molecule has 1 heterocycles. The third kappa shape index (κ3) is 2.25. The van der Waals surface area contributed by atoms with Crippen LogP contribution in [0.3, 0.4) is 0 Å². The highest BCUT2D eigenvalue weighted by molar-refractivity contribution is 5.89. The summed E-state index contributed by atoms with van der Waals surface area (Å²) in [6.07, 6.45) is 3.77. The van der Waals surface area contributed by atoms with Crippen LogP contribution in [0.15, 0.2) is 30.6 Å². The maximum absolute atomic E-state index is 13.5. The highest BCUT2D eigenvalue weighted by Crippen LogP contribution is 2.17. The van der Waals surface area contributed by atoms with Crippen molar-refractivity contribution in [2.75, 3.05) is 0 Å². The molecule has 0 aliphatic heterocycles. The predicted octanol–water partition coefficient (Wildman–Crippen LogP) is 2.33. The van der Waals surface area contributed by atoms with E-state index in [0.717, 1.165) is 18.4 Å². The topological polar surface area (TPSA) is 55.1 Å². The van der Waals surface area contributed by atoms with Gasteiger partial charge in [0, 0.05) is 25.4 Å². The van der Waals surface area contributed by atoms with Crippen LogP contribution in [-0.2, 0) is 13.0 Å². The average Bonchev–Trinajstić information content (AvgIpc) is 2.76. The van der Waals surface area contributed by atoms with Gasteiger partial charge in [-0.1, -0.05) is 12.1 Å². The van der Waals surface area contributed by atoms with E-state index in [1.165, 1.54) is 6.07 Å². The number of carboxylic acids is 1. The number of carboxylic acid groups (broad SMARTS) is 1. The minimum atomic E-state index is -1.25. The van der Waals surface area contributed by atoms with Gasteiger partial charge in [-0.3, -0.25) is 0 Å². The molecule has 94 valence electrons. The zero-order valence-electron chi connectivity index (χ0n) is 9.93. The summed E-state index contributed by atoms with van der Waals surface area (Å²) in [4.78, 5) is 15.2. The molecular weight excluding hydrogens is 235 g/mol. The summed E-state index contributed by atoms with van der Waals surface area (Å²) in [6, 6.07) is 4.27. The molecule has 0 aliphatic carbocycles. The molecule has 4 nitrogen and oxygen atoms in total. The fraction of sp³-hybridized carbons (Fsp3) is 0.231. The molecule has 0 fully saturated rings. The van der Waals surface area contributed by atoms with Gasteiger partial charge >= 0.3 is 5.97 Å². The van der Waals surface area contributed by atoms with Gasteiger partial charge in [0.15, 0.2) is 0 Å². The van der Waals surface area contributed by atoms with Crippen LogP contribution in [0.5, 0.6) is 0 Å². The van der Waals surface area contributed by atoms with Crippen molar-refractivity contribution in [3.63, 3.8) is 0 Å². The van der Waals surface area contributed by atoms with Gasteiger partial charge in [0.05, 0.1) is 5.56 Å². The molecule has 0 saturated heterocycles. The molecule has 1 N–H and O–H groups in total. The van der Waals surface area contributed by atoms with E-state index in [2.05, 4.69) is 4.98 Å². The maximum Gasteiger partial charge on any atom is 0.338 e. The lowest BCUT2D eigenvalue weighted by Crippen LogP contribution is -2.09. The zero-order valence-corrected chi connectivity index (χ0v) is 9.93. The van der Waals surface area contributed by atoms with Gasteiger partial charge in [0.25, 0.3) is 0 Å². The second kappa shape index (κ2) is 5.00. The minimum Gasteiger partial charge on any atom is -0.478 e. The van der Waals surface area contributed by atoms with Crippen molar-refractivity contribution in [3.8, 4) is 0 Å². The van der Waals surface area contributed by atoms with Crippen molar-refractivity contribution < 1.29 is 14.3 Å². The van der Waals surface area contributed by atoms with E-state index in [1.54, 1.807) is 12.3 Å². The van der Waals surface area contributed by atoms with Crippen LogP contribution in [0.4, 0.5) is 4.39 Å². The summed E-state index contributed by atoms with van der Waals surface area (Å²) < 4.78 is 15.4. The number of aromatic carboxylic acids is 1. The van der Waals surface area contributed by atoms with Crippen molar-refractivity contribution in [2.24, 2.45) is 0 Å². The molecule has 0 amide bonds. The number of rotatable bonds is 4. The van der Waals surface area contributed by atoms with Crippen molar-refractivity contribution in [1.82, 2.24) is 9.55 Å². The van der Waals surface area contributed by atoms with Crippen LogP contribution in [0.1, 0.15) is 28.7 Å². The standard InChI is InChI=1S/C13H13FN2O2/c1-2-16-7-6-15-11(16)8-9-4-3-5-10(14)12(9)13(17)18/h3-7H,2,8H2,1H3,(H,17,18). The Bertz CT molecular complexity index is 578. The van der Waals surface area contributed by atoms with Crippen molar-refractivity contribution in [2.45, 2.75) is 19.9 Å². The van der Waals surface area contributed by atoms with E-state index >= 15 is 0 Å². The highest BCUT2D eigenvalue weighted by atomic mass is 19.1. The normalized spacial score (nSPS) is 10.6. The Morgan fingerprint density at radius 1 is 1.50 bits per heavy atom. The van der Waals surface area contributed by atoms with E-state index in [0.29, 0.717) is 12.0 Å². The molecule has 0 saturated carbocycles. The van der Waals surface area contributed by atoms with Crippen LogP contribution in [0, 0.1) is 5.82 Å². The molecule has 1 aromatic heterocycles. The van der Waals surface area contributed by atoms with E-state index in [9.17, 15) is 9.18 Å². The van der Waals surface area contributed by atoms with Crippen LogP contribution >= 0.6 is 0 Å². The third-order valence-electron chi connectivity index (χ3n) is 2.80. The predicted molar refractivity (Wildman–Crippen MR) is 64.1 cm³/mol. The average molecular weight is 248 g/mol. The molecule has 2 aromatic rings. The summed E-state index contributed by atoms with van der Waals surface area (Å²) in [5.41, 5.74) is 0.159. The van der Waals surface area contributed by atoms with Gasteiger partial charge in [-0.2, -0.15) is 0 Å². The minimum absolute atomic E-state index is 0.275. The molecule has 0 aliphatic rings. The first-order valence-electron chi connectivity index (χ1n) is 5.64. The number of halogens is 1. The molecule has 2 rings (SSSR count). The Balaban J connectivity index is 2.41. The fourth-order valence-electron chi connectivity index (χ4n) is 1.92. The first kappa shape index (κ1) is 12.3. The molecule has 0 atom stereocenters. The number of aromatic nitrogens is 2. The largest absolute Gasteiger partial charge is 0.478 e. The number of carbonyl (C=O) groups is 1. The lowest BCUT2D eigenvalue weighted by atomic mass is 10.0. The van der Waals surface area contributed by atoms with E-state index < -0.39 is 11.8 Å². The number of hydrogen-bond donors (Lipinski definition) is 1. The summed E-state index contributed by atoms with van der Waals surface area (Å²) in [5.74, 6) is -1.24. The van der Waals surface area contributed by atoms with Crippen LogP contribution < -0.4 is 0 Å². The Morgan fingerprint density at radius 2 is 2.28 bits per heavy atom. The molecule has 5 heteroatoms. The first-order chi connectivity index (χ1) is 8.63. The number of imidazole rings is 1. The summed E-state index contributed by atoms with van der Waals surface area (Å²) in [6.45, 7) is 2.71. The monoisotopic (exact) mass is 248 g/mol. The molecule has 0 unspecified atom stereocenters. The highest BCUT2D eigenvalue weighted by Gasteiger charge is 2.16. The smallest absolute Gasteiger partial charge is 0.338 e. The lowest BCUT2D eigenvalue weighted by Gasteiger charge is -2.08. The third-order valence-corrected chi connectivity index (χ3v) is 2.80. The van der Waals surface area contributed by atoms with E-state index in [-0.39, 0.29) is 5.56 Å². The molecule has 0 spiro atoms. The van der Waals surface area contributed by atoms with Gasteiger partial charge in [-0.15, -0.1) is 0 Å². The van der Waals surface area contributed by atoms with Crippen LogP contribution in [0.2, 0.25) is 0 Å². The molecular formula is C13H13FN2O2. The Morgan fingerprint density at radius 3 is 2.94 bits per heavy atom. The fourth-order valence-corrected chi connectivity index (χ4v) is 1.92. The van der Waals surface area contributed by atoms with Crippen LogP contribution in [-0.4, -0.2) is 20.6 Å². The van der Waals surface area contributed by atoms with Gasteiger partial charge < -0.3 is 9.67 Å². The van der Waals surface area contributed by atoms with Crippen molar-refractivity contribution in [3.05, 3.63) is 53.4 Å². The molecule has 0 radical (unpaired) electrons. The van der Waals surface area contributed by atoms with Gasteiger partial charge in [-0.05, 0) is 18.6 Å². The number of nitrogens with zero attached hydrogens (tertiary/aromatic N) is 2. The summed E-state index contributed by atoms with van der Waals surface area (Å²) in [5, 5.41) is 9.03. The second-order valence-electron chi connectivity index (χ2n) is 3.89. The Labute approximate surface area is 104 Å². The quantitative estimate of drug-likeness (QED) is 0.903. The van der Waals surface area contributed by atoms with Crippen LogP contribution in [0.25, 0.3) is 0 Å². The maximum atomic E-state index is 13.5. The SMILES string of the molecule is CCn1ccnc1Cc1cccc(F)c1C(=O)O. The van der Waals surface area contributed by atoms with Crippen molar-refractivity contribution in [1.29, 1.82) is 0 Å². The number of hydrogen-bond acceptors (Lipinski definition) is 2. The Hall–Kier alpha value is -2.17. The molecule has 18 heavy (non-hydrogen) atoms. The molecule has 1 aromatic carbocycles. The Kier molecular flexibility index (Phi) is 3.41. The van der Waals surface area contributed by atoms with Gasteiger partial charge in [-0.25, -0.2) is 14.2 Å². The molecule has 0 bridgehead atoms. The van der Waals surface area contributed by atoms with Crippen molar-refractivity contribution >= 4 is 5.97 Å². The van der Waals surface area contributed by atoms with E-state index in [1.807, 2.05) is 17.7 Å². The summed E-state index contributed by atoms with van der Waals surface area (Å²) >= 11 is 0. The number of aryl methyl sites for hydroxylation is 1. The second-order valence-corrected chi connectivity index (χ2v) is 3.89. The zero-order chi connectivity index (χ0) is 13.1. The lowest BCUT2D eigenvalue weighted by molar-refractivity contribution is 0.0690. The summed E-state index contributed by atoms with van der Waals surface area (Å²) in [7, 11) is 0.